The molecule has 1 amide bonds. The molecule has 0 unspecified atom stereocenters. The molecule has 7 heteroatoms. The molecule has 0 saturated carbocycles. The second kappa shape index (κ2) is 7.95. The number of ether oxygens (including phenoxy) is 1. The van der Waals surface area contributed by atoms with E-state index in [4.69, 9.17) is 33.8 Å². The molecule has 3 N–H and O–H groups in total. The number of amides is 1. The first-order chi connectivity index (χ1) is 12.1. The normalized spacial score (nSPS) is 15.1. The number of nitrogen functional groups attached to an aromatic ring is 1. The van der Waals surface area contributed by atoms with Crippen LogP contribution >= 0.6 is 23.2 Å². The molecule has 0 bridgehead atoms. The summed E-state index contributed by atoms with van der Waals surface area (Å²) in [5, 5.41) is 1.06. The average Bonchev–Trinajstić information content (AvgIpc) is 2.65. The van der Waals surface area contributed by atoms with Gasteiger partial charge >= 0.3 is 0 Å². The minimum absolute atomic E-state index is 0.0796. The molecule has 1 fully saturated rings. The Balaban J connectivity index is 1.59. The zero-order chi connectivity index (χ0) is 17.8. The Morgan fingerprint density at radius 3 is 2.24 bits per heavy atom. The number of rotatable bonds is 4. The summed E-state index contributed by atoms with van der Waals surface area (Å²) in [4.78, 5) is 13.7. The smallest absolute Gasteiger partial charge is 0.265 e. The molecule has 1 aliphatic rings. The Labute approximate surface area is 156 Å². The highest BCUT2D eigenvalue weighted by Gasteiger charge is 2.22. The number of nitrogens with zero attached hydrogens (tertiary/aromatic N) is 1. The maximum absolute atomic E-state index is 11.5. The molecule has 1 heterocycles. The third-order valence-electron chi connectivity index (χ3n) is 4.27. The Hall–Kier alpha value is -1.95. The van der Waals surface area contributed by atoms with Gasteiger partial charge in [-0.2, -0.15) is 0 Å². The SMILES string of the molecule is NNC(=O)c1ccc(N2CCC(Oc3c(Cl)cccc3Cl)CC2)cc1. The topological polar surface area (TPSA) is 67.6 Å². The van der Waals surface area contributed by atoms with Gasteiger partial charge in [0.2, 0.25) is 0 Å². The number of piperidine rings is 1. The predicted molar refractivity (Wildman–Crippen MR) is 100 cm³/mol. The number of benzene rings is 2. The summed E-state index contributed by atoms with van der Waals surface area (Å²) in [6.45, 7) is 1.71. The molecule has 0 spiro atoms. The number of hydrazine groups is 1. The van der Waals surface area contributed by atoms with Crippen LogP contribution in [-0.2, 0) is 0 Å². The molecule has 132 valence electrons. The molecule has 1 saturated heterocycles. The number of hydrogen-bond acceptors (Lipinski definition) is 4. The highest BCUT2D eigenvalue weighted by Crippen LogP contribution is 2.34. The van der Waals surface area contributed by atoms with Gasteiger partial charge in [0.25, 0.3) is 5.91 Å². The number of carbonyl (C=O) groups excluding carboxylic acids is 1. The van der Waals surface area contributed by atoms with E-state index in [0.717, 1.165) is 31.6 Å². The molecule has 0 aliphatic carbocycles. The summed E-state index contributed by atoms with van der Waals surface area (Å²) >= 11 is 12.3. The minimum Gasteiger partial charge on any atom is -0.487 e. The maximum Gasteiger partial charge on any atom is 0.265 e. The molecule has 0 radical (unpaired) electrons. The molecule has 2 aromatic rings. The Kier molecular flexibility index (Phi) is 5.68. The van der Waals surface area contributed by atoms with E-state index >= 15 is 0 Å². The van der Waals surface area contributed by atoms with E-state index in [9.17, 15) is 4.79 Å². The van der Waals surface area contributed by atoms with Crippen molar-refractivity contribution in [1.29, 1.82) is 0 Å². The van der Waals surface area contributed by atoms with Crippen LogP contribution in [0.15, 0.2) is 42.5 Å². The van der Waals surface area contributed by atoms with E-state index in [-0.39, 0.29) is 12.0 Å². The summed E-state index contributed by atoms with van der Waals surface area (Å²) in [6, 6.07) is 12.7. The number of halogens is 2. The second-order valence-electron chi connectivity index (χ2n) is 5.88. The van der Waals surface area contributed by atoms with Gasteiger partial charge in [-0.1, -0.05) is 29.3 Å². The van der Waals surface area contributed by atoms with E-state index in [1.807, 2.05) is 12.1 Å². The van der Waals surface area contributed by atoms with Crippen LogP contribution < -0.4 is 20.9 Å². The summed E-state index contributed by atoms with van der Waals surface area (Å²) in [5.41, 5.74) is 3.74. The van der Waals surface area contributed by atoms with Crippen LogP contribution in [0, 0.1) is 0 Å². The van der Waals surface area contributed by atoms with Crippen LogP contribution in [0.2, 0.25) is 10.0 Å². The van der Waals surface area contributed by atoms with Gasteiger partial charge in [-0.15, -0.1) is 0 Å². The maximum atomic E-state index is 11.5. The van der Waals surface area contributed by atoms with Gasteiger partial charge in [-0.05, 0) is 36.4 Å². The summed E-state index contributed by atoms with van der Waals surface area (Å²) < 4.78 is 6.01. The van der Waals surface area contributed by atoms with Gasteiger partial charge < -0.3 is 9.64 Å². The summed E-state index contributed by atoms with van der Waals surface area (Å²) in [6.07, 6.45) is 1.81. The molecule has 25 heavy (non-hydrogen) atoms. The van der Waals surface area contributed by atoms with Crippen molar-refractivity contribution in [1.82, 2.24) is 5.43 Å². The van der Waals surface area contributed by atoms with Crippen molar-refractivity contribution in [2.45, 2.75) is 18.9 Å². The number of nitrogens with two attached hydrogens (primary N) is 1. The van der Waals surface area contributed by atoms with Crippen LogP contribution in [0.4, 0.5) is 5.69 Å². The number of hydrogen-bond donors (Lipinski definition) is 2. The standard InChI is InChI=1S/C18H19Cl2N3O2/c19-15-2-1-3-16(20)17(15)25-14-8-10-23(11-9-14)13-6-4-12(5-7-13)18(24)22-21/h1-7,14H,8-11,21H2,(H,22,24). The highest BCUT2D eigenvalue weighted by molar-refractivity contribution is 6.37. The molecular formula is C18H19Cl2N3O2. The summed E-state index contributed by atoms with van der Waals surface area (Å²) in [5.74, 6) is 5.40. The number of para-hydroxylation sites is 1. The van der Waals surface area contributed by atoms with Crippen molar-refractivity contribution in [2.24, 2.45) is 5.84 Å². The lowest BCUT2D eigenvalue weighted by Crippen LogP contribution is -2.38. The molecule has 2 aromatic carbocycles. The van der Waals surface area contributed by atoms with E-state index < -0.39 is 0 Å². The van der Waals surface area contributed by atoms with Crippen molar-refractivity contribution in [3.05, 3.63) is 58.1 Å². The van der Waals surface area contributed by atoms with Crippen LogP contribution in [0.25, 0.3) is 0 Å². The van der Waals surface area contributed by atoms with E-state index in [1.165, 1.54) is 0 Å². The fourth-order valence-electron chi connectivity index (χ4n) is 2.90. The van der Waals surface area contributed by atoms with Crippen molar-refractivity contribution < 1.29 is 9.53 Å². The predicted octanol–water partition coefficient (Wildman–Crippen LogP) is 3.64. The summed E-state index contributed by atoms with van der Waals surface area (Å²) in [7, 11) is 0. The van der Waals surface area contributed by atoms with Crippen molar-refractivity contribution >= 4 is 34.8 Å². The lowest BCUT2D eigenvalue weighted by Gasteiger charge is -2.34. The fourth-order valence-corrected chi connectivity index (χ4v) is 3.39. The minimum atomic E-state index is -0.296. The number of carbonyl (C=O) groups is 1. The number of anilines is 1. The van der Waals surface area contributed by atoms with Crippen molar-refractivity contribution in [3.8, 4) is 5.75 Å². The highest BCUT2D eigenvalue weighted by atomic mass is 35.5. The molecule has 0 aromatic heterocycles. The third kappa shape index (κ3) is 4.18. The lowest BCUT2D eigenvalue weighted by molar-refractivity contribution is 0.0953. The van der Waals surface area contributed by atoms with Crippen LogP contribution in [0.3, 0.4) is 0 Å². The van der Waals surface area contributed by atoms with Crippen molar-refractivity contribution in [2.75, 3.05) is 18.0 Å². The largest absolute Gasteiger partial charge is 0.487 e. The van der Waals surface area contributed by atoms with E-state index in [1.54, 1.807) is 30.3 Å². The van der Waals surface area contributed by atoms with E-state index in [0.29, 0.717) is 21.4 Å². The second-order valence-corrected chi connectivity index (χ2v) is 6.69. The zero-order valence-corrected chi connectivity index (χ0v) is 15.1. The van der Waals surface area contributed by atoms with Gasteiger partial charge in [0.15, 0.2) is 5.75 Å². The lowest BCUT2D eigenvalue weighted by atomic mass is 10.1. The quantitative estimate of drug-likeness (QED) is 0.483. The molecule has 0 atom stereocenters. The van der Waals surface area contributed by atoms with Crippen LogP contribution in [0.1, 0.15) is 23.2 Å². The monoisotopic (exact) mass is 379 g/mol. The first-order valence-corrected chi connectivity index (χ1v) is 8.80. The van der Waals surface area contributed by atoms with Gasteiger partial charge in [0.1, 0.15) is 6.10 Å². The molecule has 5 nitrogen and oxygen atoms in total. The molecular weight excluding hydrogens is 361 g/mol. The Morgan fingerprint density at radius 1 is 1.08 bits per heavy atom. The first kappa shape index (κ1) is 17.9. The van der Waals surface area contributed by atoms with Crippen LogP contribution in [0.5, 0.6) is 5.75 Å². The van der Waals surface area contributed by atoms with Gasteiger partial charge in [0, 0.05) is 37.2 Å². The fraction of sp³-hybridized carbons (Fsp3) is 0.278. The molecule has 1 aliphatic heterocycles. The van der Waals surface area contributed by atoms with Gasteiger partial charge in [0.05, 0.1) is 10.0 Å². The van der Waals surface area contributed by atoms with E-state index in [2.05, 4.69) is 10.3 Å². The van der Waals surface area contributed by atoms with Gasteiger partial charge in [-0.25, -0.2) is 5.84 Å². The number of nitrogens with one attached hydrogen (secondary N) is 1. The average molecular weight is 380 g/mol. The van der Waals surface area contributed by atoms with Gasteiger partial charge in [-0.3, -0.25) is 10.2 Å². The first-order valence-electron chi connectivity index (χ1n) is 8.05. The molecule has 3 rings (SSSR count). The van der Waals surface area contributed by atoms with Crippen LogP contribution in [-0.4, -0.2) is 25.1 Å². The van der Waals surface area contributed by atoms with Crippen molar-refractivity contribution in [3.63, 3.8) is 0 Å². The Bertz CT molecular complexity index is 724. The zero-order valence-electron chi connectivity index (χ0n) is 13.5. The third-order valence-corrected chi connectivity index (χ3v) is 4.87. The Morgan fingerprint density at radius 2 is 1.68 bits per heavy atom.